The third-order valence-electron chi connectivity index (χ3n) is 6.05. The molecule has 2 aliphatic rings. The van der Waals surface area contributed by atoms with Gasteiger partial charge < -0.3 is 18.8 Å². The first-order valence-corrected chi connectivity index (χ1v) is 10.4. The van der Waals surface area contributed by atoms with E-state index in [1.165, 1.54) is 12.0 Å². The number of methoxy groups -OCH3 is 1. The van der Waals surface area contributed by atoms with E-state index < -0.39 is 11.6 Å². The van der Waals surface area contributed by atoms with Gasteiger partial charge in [-0.1, -0.05) is 0 Å². The Labute approximate surface area is 174 Å². The van der Waals surface area contributed by atoms with Crippen molar-refractivity contribution in [2.45, 2.75) is 39.2 Å². The molecule has 1 N–H and O–H groups in total. The molecule has 0 spiro atoms. The SMILES string of the molecule is COC(=O)Cc1c(C)c2ccc3c(c2oc1=O)C[NH+](CCCN1CCCC1=O)CO3. The number of nitrogens with zero attached hydrogens (tertiary/aromatic N) is 1. The average molecular weight is 415 g/mol. The third-order valence-corrected chi connectivity index (χ3v) is 6.05. The topological polar surface area (TPSA) is 90.5 Å². The number of nitrogens with one attached hydrogen (secondary N) is 1. The van der Waals surface area contributed by atoms with Crippen LogP contribution in [0.1, 0.15) is 36.0 Å². The Bertz CT molecular complexity index is 1040. The standard InChI is InChI=1S/C22H26N2O6/c1-14-15-6-7-18-17(21(15)30-22(27)16(14)11-20(26)28-2)12-23(13-29-18)8-4-10-24-9-3-5-19(24)25/h6-7H,3-5,8-13H2,1-2H3/p+1. The third kappa shape index (κ3) is 3.92. The second-order valence-corrected chi connectivity index (χ2v) is 7.97. The number of amides is 1. The van der Waals surface area contributed by atoms with Crippen LogP contribution in [0, 0.1) is 6.92 Å². The van der Waals surface area contributed by atoms with Crippen LogP contribution >= 0.6 is 0 Å². The Hall–Kier alpha value is -2.87. The van der Waals surface area contributed by atoms with E-state index in [0.717, 1.165) is 54.7 Å². The number of hydrogen-bond donors (Lipinski definition) is 1. The molecular formula is C22H27N2O6+. The van der Waals surface area contributed by atoms with E-state index in [4.69, 9.17) is 13.9 Å². The number of likely N-dealkylation sites (tertiary alicyclic amines) is 1. The predicted octanol–water partition coefficient (Wildman–Crippen LogP) is 0.564. The molecule has 4 rings (SSSR count). The molecule has 1 unspecified atom stereocenters. The van der Waals surface area contributed by atoms with Crippen LogP contribution in [-0.4, -0.2) is 50.3 Å². The fourth-order valence-corrected chi connectivity index (χ4v) is 4.32. The molecule has 2 aromatic rings. The summed E-state index contributed by atoms with van der Waals surface area (Å²) in [7, 11) is 1.30. The molecule has 8 nitrogen and oxygen atoms in total. The Kier molecular flexibility index (Phi) is 5.76. The molecule has 1 aromatic heterocycles. The molecule has 0 radical (unpaired) electrons. The van der Waals surface area contributed by atoms with Gasteiger partial charge in [-0.15, -0.1) is 0 Å². The lowest BCUT2D eigenvalue weighted by atomic mass is 10.0. The monoisotopic (exact) mass is 415 g/mol. The molecule has 1 aromatic carbocycles. The number of benzene rings is 1. The quantitative estimate of drug-likeness (QED) is 0.548. The van der Waals surface area contributed by atoms with Gasteiger partial charge in [-0.25, -0.2) is 4.79 Å². The van der Waals surface area contributed by atoms with Crippen molar-refractivity contribution in [2.24, 2.45) is 0 Å². The van der Waals surface area contributed by atoms with Crippen molar-refractivity contribution in [1.82, 2.24) is 4.90 Å². The molecule has 3 heterocycles. The second-order valence-electron chi connectivity index (χ2n) is 7.97. The Balaban J connectivity index is 1.54. The van der Waals surface area contributed by atoms with Crippen LogP contribution in [0.25, 0.3) is 11.0 Å². The lowest BCUT2D eigenvalue weighted by Crippen LogP contribution is -3.12. The van der Waals surface area contributed by atoms with Crippen LogP contribution in [0.3, 0.4) is 0 Å². The molecule has 2 aliphatic heterocycles. The van der Waals surface area contributed by atoms with Gasteiger partial charge in [0.15, 0.2) is 5.58 Å². The highest BCUT2D eigenvalue weighted by Crippen LogP contribution is 2.30. The number of carbonyl (C=O) groups is 2. The number of quaternary nitrogens is 1. The number of carbonyl (C=O) groups excluding carboxylic acids is 2. The van der Waals surface area contributed by atoms with E-state index >= 15 is 0 Å². The Morgan fingerprint density at radius 2 is 2.13 bits per heavy atom. The summed E-state index contributed by atoms with van der Waals surface area (Å²) in [6, 6.07) is 3.77. The molecule has 1 amide bonds. The highest BCUT2D eigenvalue weighted by Gasteiger charge is 2.27. The van der Waals surface area contributed by atoms with Crippen LogP contribution in [0.4, 0.5) is 0 Å². The van der Waals surface area contributed by atoms with E-state index in [-0.39, 0.29) is 12.3 Å². The number of hydrogen-bond acceptors (Lipinski definition) is 6. The number of rotatable bonds is 6. The smallest absolute Gasteiger partial charge is 0.340 e. The minimum Gasteiger partial charge on any atom is -0.469 e. The fraction of sp³-hybridized carbons (Fsp3) is 0.500. The van der Waals surface area contributed by atoms with Crippen LogP contribution < -0.4 is 15.3 Å². The van der Waals surface area contributed by atoms with Crippen molar-refractivity contribution in [2.75, 3.05) is 33.5 Å². The molecule has 160 valence electrons. The van der Waals surface area contributed by atoms with Crippen molar-refractivity contribution >= 4 is 22.8 Å². The van der Waals surface area contributed by atoms with E-state index in [1.54, 1.807) is 0 Å². The van der Waals surface area contributed by atoms with Crippen molar-refractivity contribution in [1.29, 1.82) is 0 Å². The van der Waals surface area contributed by atoms with Crippen LogP contribution in [0.2, 0.25) is 0 Å². The van der Waals surface area contributed by atoms with E-state index in [1.807, 2.05) is 24.0 Å². The summed E-state index contributed by atoms with van der Waals surface area (Å²) < 4.78 is 16.3. The van der Waals surface area contributed by atoms with E-state index in [9.17, 15) is 14.4 Å². The van der Waals surface area contributed by atoms with Gasteiger partial charge in [-0.3, -0.25) is 14.5 Å². The number of ether oxygens (including phenoxy) is 2. The first-order valence-electron chi connectivity index (χ1n) is 10.4. The summed E-state index contributed by atoms with van der Waals surface area (Å²) >= 11 is 0. The normalized spacial score (nSPS) is 18.4. The first kappa shape index (κ1) is 20.4. The van der Waals surface area contributed by atoms with Gasteiger partial charge in [-0.2, -0.15) is 0 Å². The van der Waals surface area contributed by atoms with Gasteiger partial charge in [-0.05, 0) is 31.0 Å². The number of esters is 1. The fourth-order valence-electron chi connectivity index (χ4n) is 4.32. The second kappa shape index (κ2) is 8.47. The minimum atomic E-state index is -0.515. The van der Waals surface area contributed by atoms with Gasteiger partial charge in [0, 0.05) is 31.3 Å². The lowest BCUT2D eigenvalue weighted by molar-refractivity contribution is -0.932. The van der Waals surface area contributed by atoms with Gasteiger partial charge in [0.1, 0.15) is 12.3 Å². The molecule has 0 aliphatic carbocycles. The lowest BCUT2D eigenvalue weighted by Gasteiger charge is -2.27. The summed E-state index contributed by atoms with van der Waals surface area (Å²) in [6.45, 7) is 5.54. The first-order chi connectivity index (χ1) is 14.5. The van der Waals surface area contributed by atoms with Crippen LogP contribution in [0.15, 0.2) is 21.3 Å². The zero-order chi connectivity index (χ0) is 21.3. The summed E-state index contributed by atoms with van der Waals surface area (Å²) in [4.78, 5) is 39.1. The highest BCUT2D eigenvalue weighted by molar-refractivity contribution is 5.87. The predicted molar refractivity (Wildman–Crippen MR) is 108 cm³/mol. The summed E-state index contributed by atoms with van der Waals surface area (Å²) in [5, 5.41) is 0.805. The maximum Gasteiger partial charge on any atom is 0.340 e. The summed E-state index contributed by atoms with van der Waals surface area (Å²) in [5.41, 5.74) is 1.93. The van der Waals surface area contributed by atoms with Gasteiger partial charge in [0.2, 0.25) is 12.6 Å². The van der Waals surface area contributed by atoms with Crippen LogP contribution in [-0.2, 0) is 27.3 Å². The molecule has 1 atom stereocenters. The van der Waals surface area contributed by atoms with E-state index in [2.05, 4.69) is 0 Å². The molecular weight excluding hydrogens is 388 g/mol. The highest BCUT2D eigenvalue weighted by atomic mass is 16.5. The van der Waals surface area contributed by atoms with Crippen molar-refractivity contribution in [3.8, 4) is 5.75 Å². The molecule has 1 fully saturated rings. The molecule has 1 saturated heterocycles. The largest absolute Gasteiger partial charge is 0.469 e. The summed E-state index contributed by atoms with van der Waals surface area (Å²) in [5.74, 6) is 0.499. The Morgan fingerprint density at radius 3 is 2.87 bits per heavy atom. The maximum atomic E-state index is 12.6. The van der Waals surface area contributed by atoms with Crippen molar-refractivity contribution in [3.63, 3.8) is 0 Å². The number of fused-ring (bicyclic) bond motifs is 3. The average Bonchev–Trinajstić information content (AvgIpc) is 3.15. The van der Waals surface area contributed by atoms with Crippen molar-refractivity contribution in [3.05, 3.63) is 39.2 Å². The van der Waals surface area contributed by atoms with Gasteiger partial charge in [0.05, 0.1) is 31.2 Å². The molecule has 0 saturated carbocycles. The van der Waals surface area contributed by atoms with E-state index in [0.29, 0.717) is 30.8 Å². The van der Waals surface area contributed by atoms with Crippen LogP contribution in [0.5, 0.6) is 5.75 Å². The minimum absolute atomic E-state index is 0.110. The van der Waals surface area contributed by atoms with Gasteiger partial charge in [0.25, 0.3) is 0 Å². The molecule has 8 heteroatoms. The molecule has 30 heavy (non-hydrogen) atoms. The zero-order valence-electron chi connectivity index (χ0n) is 17.4. The molecule has 0 bridgehead atoms. The maximum absolute atomic E-state index is 12.6. The van der Waals surface area contributed by atoms with Gasteiger partial charge >= 0.3 is 11.6 Å². The Morgan fingerprint density at radius 1 is 1.30 bits per heavy atom. The zero-order valence-corrected chi connectivity index (χ0v) is 17.4. The summed E-state index contributed by atoms with van der Waals surface area (Å²) in [6.07, 6.45) is 2.40. The number of aryl methyl sites for hydroxylation is 1. The van der Waals surface area contributed by atoms with Crippen molar-refractivity contribution < 1.29 is 28.4 Å².